The van der Waals surface area contributed by atoms with Crippen LogP contribution in [-0.2, 0) is 0 Å². The largest absolute Gasteiger partial charge is 0.399 e. The Balaban J connectivity index is 0.000000151. The van der Waals surface area contributed by atoms with E-state index in [1.165, 1.54) is 11.3 Å². The highest BCUT2D eigenvalue weighted by atomic mass is 32.1. The number of thiazole rings is 1. The number of nitrogens with zero attached hydrogens (tertiary/aromatic N) is 1. The number of rotatable bonds is 0. The van der Waals surface area contributed by atoms with E-state index in [0.717, 1.165) is 33.5 Å². The average molecular weight is 366 g/mol. The molecule has 0 spiro atoms. The summed E-state index contributed by atoms with van der Waals surface area (Å²) in [5, 5.41) is 4.53. The standard InChI is InChI=1S/C10H10N2.C6H8N2.C3H4N2S/c11-9-5-6-10(12)8-4-2-1-3-7(8)9;7-5-1-2-6(8)4-3-5;4-3-5-1-2-6-3/h1-6H,11-12H2;1-4H,7-8H2;1-2H,(H2,4,5). The molecule has 0 saturated heterocycles. The van der Waals surface area contributed by atoms with Gasteiger partial charge in [0, 0.05) is 45.1 Å². The second-order valence-electron chi connectivity index (χ2n) is 5.33. The SMILES string of the molecule is Nc1ccc(N)c2ccccc12.Nc1ccc(N)cc1.Nc1nccs1. The van der Waals surface area contributed by atoms with Gasteiger partial charge in [-0.05, 0) is 36.4 Å². The normalized spacial score (nSPS) is 9.54. The molecule has 0 saturated carbocycles. The van der Waals surface area contributed by atoms with Crippen LogP contribution in [0.1, 0.15) is 0 Å². The third-order valence-electron chi connectivity index (χ3n) is 3.38. The number of benzene rings is 3. The summed E-state index contributed by atoms with van der Waals surface area (Å²) in [4.78, 5) is 3.71. The molecule has 10 N–H and O–H groups in total. The van der Waals surface area contributed by atoms with E-state index in [2.05, 4.69) is 4.98 Å². The summed E-state index contributed by atoms with van der Waals surface area (Å²) in [5.74, 6) is 0. The van der Waals surface area contributed by atoms with Gasteiger partial charge >= 0.3 is 0 Å². The first-order valence-corrected chi connectivity index (χ1v) is 8.64. The zero-order valence-electron chi connectivity index (χ0n) is 14.2. The molecule has 0 atom stereocenters. The minimum absolute atomic E-state index is 0.634. The van der Waals surface area contributed by atoms with Crippen molar-refractivity contribution in [1.82, 2.24) is 4.98 Å². The van der Waals surface area contributed by atoms with E-state index in [1.54, 1.807) is 30.5 Å². The molecule has 0 aliphatic carbocycles. The van der Waals surface area contributed by atoms with Crippen molar-refractivity contribution in [2.45, 2.75) is 0 Å². The van der Waals surface area contributed by atoms with Crippen molar-refractivity contribution in [2.24, 2.45) is 0 Å². The minimum atomic E-state index is 0.634. The summed E-state index contributed by atoms with van der Waals surface area (Å²) in [6.07, 6.45) is 1.68. The number of anilines is 5. The van der Waals surface area contributed by atoms with Gasteiger partial charge in [-0.2, -0.15) is 0 Å². The van der Waals surface area contributed by atoms with E-state index in [0.29, 0.717) is 5.13 Å². The third kappa shape index (κ3) is 5.57. The third-order valence-corrected chi connectivity index (χ3v) is 3.98. The summed E-state index contributed by atoms with van der Waals surface area (Å²) in [7, 11) is 0. The van der Waals surface area contributed by atoms with Gasteiger partial charge in [0.15, 0.2) is 5.13 Å². The van der Waals surface area contributed by atoms with Crippen molar-refractivity contribution in [3.63, 3.8) is 0 Å². The highest BCUT2D eigenvalue weighted by Gasteiger charge is 1.98. The number of hydrogen-bond acceptors (Lipinski definition) is 7. The van der Waals surface area contributed by atoms with Crippen molar-refractivity contribution >= 4 is 50.0 Å². The van der Waals surface area contributed by atoms with Gasteiger partial charge < -0.3 is 28.7 Å². The molecule has 134 valence electrons. The molecule has 3 aromatic carbocycles. The molecule has 1 heterocycles. The van der Waals surface area contributed by atoms with Gasteiger partial charge in [-0.15, -0.1) is 11.3 Å². The van der Waals surface area contributed by atoms with Crippen LogP contribution in [0.25, 0.3) is 10.8 Å². The topological polar surface area (TPSA) is 143 Å². The Kier molecular flexibility index (Phi) is 6.64. The minimum Gasteiger partial charge on any atom is -0.399 e. The Morgan fingerprint density at radius 3 is 1.38 bits per heavy atom. The first-order valence-electron chi connectivity index (χ1n) is 7.76. The van der Waals surface area contributed by atoms with Crippen LogP contribution in [-0.4, -0.2) is 4.98 Å². The van der Waals surface area contributed by atoms with Gasteiger partial charge in [0.25, 0.3) is 0 Å². The maximum absolute atomic E-state index is 5.77. The Morgan fingerprint density at radius 1 is 0.615 bits per heavy atom. The van der Waals surface area contributed by atoms with Crippen molar-refractivity contribution in [1.29, 1.82) is 0 Å². The molecule has 0 bridgehead atoms. The van der Waals surface area contributed by atoms with Crippen LogP contribution in [0, 0.1) is 0 Å². The summed E-state index contributed by atoms with van der Waals surface area (Å²) < 4.78 is 0. The molecule has 0 aliphatic rings. The van der Waals surface area contributed by atoms with E-state index in [-0.39, 0.29) is 0 Å². The van der Waals surface area contributed by atoms with Crippen molar-refractivity contribution in [2.75, 3.05) is 28.7 Å². The molecule has 4 aromatic rings. The molecule has 0 radical (unpaired) electrons. The Labute approximate surface area is 156 Å². The predicted molar refractivity (Wildman–Crippen MR) is 115 cm³/mol. The quantitative estimate of drug-likeness (QED) is 0.301. The molecule has 0 amide bonds. The Hall–Kier alpha value is -3.45. The second kappa shape index (κ2) is 9.14. The lowest BCUT2D eigenvalue weighted by atomic mass is 10.1. The van der Waals surface area contributed by atoms with Crippen LogP contribution in [0.3, 0.4) is 0 Å². The smallest absolute Gasteiger partial charge is 0.179 e. The van der Waals surface area contributed by atoms with E-state index < -0.39 is 0 Å². The summed E-state index contributed by atoms with van der Waals surface area (Å²) in [5.41, 5.74) is 30.5. The van der Waals surface area contributed by atoms with Crippen molar-refractivity contribution in [3.05, 3.63) is 72.2 Å². The highest BCUT2D eigenvalue weighted by Crippen LogP contribution is 2.25. The van der Waals surface area contributed by atoms with Gasteiger partial charge in [-0.3, -0.25) is 0 Å². The fraction of sp³-hybridized carbons (Fsp3) is 0. The zero-order valence-corrected chi connectivity index (χ0v) is 15.0. The van der Waals surface area contributed by atoms with E-state index in [4.69, 9.17) is 28.7 Å². The first kappa shape index (κ1) is 18.9. The molecule has 0 unspecified atom stereocenters. The number of nitrogen functional groups attached to an aromatic ring is 5. The number of hydrogen-bond donors (Lipinski definition) is 5. The van der Waals surface area contributed by atoms with Gasteiger partial charge in [-0.25, -0.2) is 4.98 Å². The number of aromatic nitrogens is 1. The van der Waals surface area contributed by atoms with E-state index in [9.17, 15) is 0 Å². The molecule has 0 aliphatic heterocycles. The van der Waals surface area contributed by atoms with Gasteiger partial charge in [-0.1, -0.05) is 24.3 Å². The Morgan fingerprint density at radius 2 is 1.08 bits per heavy atom. The Bertz CT molecular complexity index is 875. The van der Waals surface area contributed by atoms with Gasteiger partial charge in [0.2, 0.25) is 0 Å². The molecule has 26 heavy (non-hydrogen) atoms. The summed E-state index contributed by atoms with van der Waals surface area (Å²) >= 11 is 1.44. The lowest BCUT2D eigenvalue weighted by Gasteiger charge is -2.03. The second-order valence-corrected chi connectivity index (χ2v) is 6.25. The average Bonchev–Trinajstić information content (AvgIpc) is 3.13. The maximum Gasteiger partial charge on any atom is 0.179 e. The van der Waals surface area contributed by atoms with Crippen LogP contribution in [0.4, 0.5) is 27.9 Å². The molecule has 7 heteroatoms. The zero-order chi connectivity index (χ0) is 18.9. The van der Waals surface area contributed by atoms with Gasteiger partial charge in [0.1, 0.15) is 0 Å². The fourth-order valence-electron chi connectivity index (χ4n) is 2.08. The van der Waals surface area contributed by atoms with Crippen LogP contribution < -0.4 is 28.7 Å². The monoisotopic (exact) mass is 366 g/mol. The van der Waals surface area contributed by atoms with Gasteiger partial charge in [0.05, 0.1) is 0 Å². The van der Waals surface area contributed by atoms with Crippen LogP contribution in [0.2, 0.25) is 0 Å². The summed E-state index contributed by atoms with van der Waals surface area (Å²) in [6, 6.07) is 18.6. The predicted octanol–water partition coefficient (Wildman–Crippen LogP) is 3.58. The van der Waals surface area contributed by atoms with Crippen LogP contribution in [0.15, 0.2) is 72.2 Å². The molecule has 0 fully saturated rings. The molecule has 1 aromatic heterocycles. The van der Waals surface area contributed by atoms with Crippen LogP contribution >= 0.6 is 11.3 Å². The number of nitrogens with two attached hydrogens (primary N) is 5. The molecule has 6 nitrogen and oxygen atoms in total. The maximum atomic E-state index is 5.77. The number of fused-ring (bicyclic) bond motifs is 1. The van der Waals surface area contributed by atoms with Crippen molar-refractivity contribution in [3.8, 4) is 0 Å². The summed E-state index contributed by atoms with van der Waals surface area (Å²) in [6.45, 7) is 0. The fourth-order valence-corrected chi connectivity index (χ4v) is 2.46. The van der Waals surface area contributed by atoms with Crippen LogP contribution in [0.5, 0.6) is 0 Å². The van der Waals surface area contributed by atoms with E-state index in [1.807, 2.05) is 41.8 Å². The highest BCUT2D eigenvalue weighted by molar-refractivity contribution is 7.13. The lowest BCUT2D eigenvalue weighted by Crippen LogP contribution is -1.91. The van der Waals surface area contributed by atoms with E-state index >= 15 is 0 Å². The lowest BCUT2D eigenvalue weighted by molar-refractivity contribution is 1.43. The van der Waals surface area contributed by atoms with Crippen molar-refractivity contribution < 1.29 is 0 Å². The molecular formula is C19H22N6S. The molecule has 4 rings (SSSR count). The first-order chi connectivity index (χ1) is 12.5. The molecular weight excluding hydrogens is 344 g/mol.